The van der Waals surface area contributed by atoms with Gasteiger partial charge in [-0.2, -0.15) is 0 Å². The highest BCUT2D eigenvalue weighted by molar-refractivity contribution is 5.89. The zero-order valence-electron chi connectivity index (χ0n) is 32.9. The normalized spacial score (nSPS) is 22.5. The average Bonchev–Trinajstić information content (AvgIpc) is 3.94. The number of hydrogen-bond donors (Lipinski definition) is 2. The number of fused-ring (bicyclic) bond motifs is 4. The van der Waals surface area contributed by atoms with E-state index >= 15 is 0 Å². The lowest BCUT2D eigenvalue weighted by Gasteiger charge is -2.57. The lowest BCUT2D eigenvalue weighted by molar-refractivity contribution is -0.147. The third-order valence-corrected chi connectivity index (χ3v) is 13.4. The number of aromatic amines is 2. The van der Waals surface area contributed by atoms with Crippen molar-refractivity contribution >= 4 is 44.8 Å². The van der Waals surface area contributed by atoms with Crippen LogP contribution in [0.25, 0.3) is 55.5 Å². The summed E-state index contributed by atoms with van der Waals surface area (Å²) in [6.07, 6.45) is 7.98. The molecule has 10 heteroatoms. The van der Waals surface area contributed by atoms with Crippen LogP contribution < -0.4 is 0 Å². The lowest BCUT2D eigenvalue weighted by atomic mass is 9.58. The number of nitrogens with one attached hydrogen (secondary N) is 2. The van der Waals surface area contributed by atoms with Crippen LogP contribution in [0.2, 0.25) is 0 Å². The van der Waals surface area contributed by atoms with Gasteiger partial charge in [0, 0.05) is 53.5 Å². The predicted octanol–water partition coefficient (Wildman–Crippen LogP) is 8.99. The molecule has 3 aromatic heterocycles. The van der Waals surface area contributed by atoms with Crippen molar-refractivity contribution in [2.24, 2.45) is 23.7 Å². The number of aromatic nitrogens is 6. The first-order valence-electron chi connectivity index (χ1n) is 20.4. The Morgan fingerprint density at radius 2 is 1.33 bits per heavy atom. The molecule has 0 bridgehead atoms. The number of benzene rings is 3. The van der Waals surface area contributed by atoms with E-state index in [1.54, 1.807) is 0 Å². The van der Waals surface area contributed by atoms with Crippen molar-refractivity contribution in [2.45, 2.75) is 97.6 Å². The Bertz CT molecular complexity index is 2450. The van der Waals surface area contributed by atoms with Crippen molar-refractivity contribution < 1.29 is 9.59 Å². The number of carbonyl (C=O) groups excluding carboxylic acids is 2. The van der Waals surface area contributed by atoms with E-state index in [1.165, 1.54) is 0 Å². The van der Waals surface area contributed by atoms with Crippen molar-refractivity contribution in [3.8, 4) is 22.5 Å². The van der Waals surface area contributed by atoms with Crippen LogP contribution in [-0.4, -0.2) is 70.6 Å². The average molecular weight is 737 g/mol. The van der Waals surface area contributed by atoms with E-state index < -0.39 is 0 Å². The minimum Gasteiger partial charge on any atom is -0.341 e. The SMILES string of the molecule is CC(C)C(C)C(=O)N1CCCC1c1nc2ccc(-c3ncc4cc(-c5ccc6nc(C78CCCN(C(=O)C(C)C(C)C)C7CC8)[nH]c6c5)ccc4n3)cc2[nH]1. The second-order valence-corrected chi connectivity index (χ2v) is 17.2. The molecule has 5 heterocycles. The van der Waals surface area contributed by atoms with Crippen molar-refractivity contribution in [2.75, 3.05) is 13.1 Å². The molecule has 2 N–H and O–H groups in total. The van der Waals surface area contributed by atoms with Gasteiger partial charge in [-0.1, -0.05) is 53.7 Å². The molecule has 284 valence electrons. The molecule has 9 rings (SSSR count). The van der Waals surface area contributed by atoms with Gasteiger partial charge in [-0.25, -0.2) is 19.9 Å². The van der Waals surface area contributed by atoms with Crippen LogP contribution >= 0.6 is 0 Å². The summed E-state index contributed by atoms with van der Waals surface area (Å²) >= 11 is 0. The van der Waals surface area contributed by atoms with Gasteiger partial charge in [-0.15, -0.1) is 0 Å². The molecule has 0 radical (unpaired) electrons. The quantitative estimate of drug-likeness (QED) is 0.161. The maximum atomic E-state index is 13.5. The summed E-state index contributed by atoms with van der Waals surface area (Å²) in [6.45, 7) is 14.2. The fourth-order valence-corrected chi connectivity index (χ4v) is 9.26. The number of carbonyl (C=O) groups is 2. The zero-order chi connectivity index (χ0) is 38.2. The third-order valence-electron chi connectivity index (χ3n) is 13.4. The smallest absolute Gasteiger partial charge is 0.226 e. The third kappa shape index (κ3) is 5.99. The molecular formula is C45H52N8O2. The standard InChI is InChI=1S/C45H52N8O2/c1-25(2)27(5)42(54)52-19-7-9-38(52)41-48-34-15-12-31(23-36(34)49-41)40-46-24-32-21-29(10-13-33(32)47-40)30-11-14-35-37(22-30)51-44(50-35)45-17-8-20-53(39(45)16-18-45)43(55)28(6)26(3)4/h10-15,21-28,38-39H,7-9,16-20H2,1-6H3,(H,48,49)(H,50,51). The van der Waals surface area contributed by atoms with Crippen LogP contribution in [0, 0.1) is 23.7 Å². The molecule has 3 aliphatic rings. The summed E-state index contributed by atoms with van der Waals surface area (Å²) in [5.41, 5.74) is 7.67. The second-order valence-electron chi connectivity index (χ2n) is 17.2. The van der Waals surface area contributed by atoms with Gasteiger partial charge >= 0.3 is 0 Å². The van der Waals surface area contributed by atoms with E-state index in [0.29, 0.717) is 23.6 Å². The Morgan fingerprint density at radius 3 is 2.05 bits per heavy atom. The van der Waals surface area contributed by atoms with Crippen LogP contribution in [0.3, 0.4) is 0 Å². The van der Waals surface area contributed by atoms with Crippen molar-refractivity contribution in [1.82, 2.24) is 39.7 Å². The Morgan fingerprint density at radius 1 is 0.691 bits per heavy atom. The highest BCUT2D eigenvalue weighted by Crippen LogP contribution is 2.52. The first-order valence-corrected chi connectivity index (χ1v) is 20.4. The molecule has 6 aromatic rings. The van der Waals surface area contributed by atoms with Crippen LogP contribution in [0.5, 0.6) is 0 Å². The first-order chi connectivity index (χ1) is 26.5. The molecule has 5 unspecified atom stereocenters. The van der Waals surface area contributed by atoms with Crippen LogP contribution in [-0.2, 0) is 15.0 Å². The van der Waals surface area contributed by atoms with E-state index in [1.807, 2.05) is 30.2 Å². The molecule has 5 atom stereocenters. The number of nitrogens with zero attached hydrogens (tertiary/aromatic N) is 6. The number of H-pyrrole nitrogens is 2. The second kappa shape index (κ2) is 13.6. The highest BCUT2D eigenvalue weighted by Gasteiger charge is 2.56. The van der Waals surface area contributed by atoms with Crippen LogP contribution in [0.4, 0.5) is 0 Å². The van der Waals surface area contributed by atoms with Gasteiger partial charge < -0.3 is 19.8 Å². The van der Waals surface area contributed by atoms with E-state index in [4.69, 9.17) is 19.9 Å². The summed E-state index contributed by atoms with van der Waals surface area (Å²) in [7, 11) is 0. The highest BCUT2D eigenvalue weighted by atomic mass is 16.2. The van der Waals surface area contributed by atoms with Crippen LogP contribution in [0.15, 0.2) is 60.8 Å². The molecule has 2 aliphatic heterocycles. The van der Waals surface area contributed by atoms with E-state index in [9.17, 15) is 9.59 Å². The summed E-state index contributed by atoms with van der Waals surface area (Å²) in [5, 5.41) is 0.969. The van der Waals surface area contributed by atoms with Crippen LogP contribution in [0.1, 0.15) is 97.8 Å². The van der Waals surface area contributed by atoms with Crippen molar-refractivity contribution in [1.29, 1.82) is 0 Å². The molecule has 1 saturated carbocycles. The number of likely N-dealkylation sites (tertiary alicyclic amines) is 2. The number of hydrogen-bond acceptors (Lipinski definition) is 6. The zero-order valence-corrected chi connectivity index (χ0v) is 32.9. The Hall–Kier alpha value is -5.12. The Kier molecular flexibility index (Phi) is 8.78. The van der Waals surface area contributed by atoms with Gasteiger partial charge in [0.25, 0.3) is 0 Å². The molecule has 3 aromatic carbocycles. The van der Waals surface area contributed by atoms with Crippen molar-refractivity contribution in [3.63, 3.8) is 0 Å². The molecule has 2 amide bonds. The number of imidazole rings is 2. The topological polar surface area (TPSA) is 124 Å². The molecule has 55 heavy (non-hydrogen) atoms. The number of amides is 2. The Labute approximate surface area is 322 Å². The first kappa shape index (κ1) is 35.6. The summed E-state index contributed by atoms with van der Waals surface area (Å²) < 4.78 is 0. The van der Waals surface area contributed by atoms with Crippen molar-refractivity contribution in [3.05, 3.63) is 72.4 Å². The maximum absolute atomic E-state index is 13.5. The number of rotatable bonds is 8. The summed E-state index contributed by atoms with van der Waals surface area (Å²) in [6, 6.07) is 19.1. The molecule has 1 aliphatic carbocycles. The molecule has 2 saturated heterocycles. The summed E-state index contributed by atoms with van der Waals surface area (Å²) in [4.78, 5) is 58.0. The minimum absolute atomic E-state index is 0.0164. The fraction of sp³-hybridized carbons (Fsp3) is 0.467. The predicted molar refractivity (Wildman–Crippen MR) is 217 cm³/mol. The van der Waals surface area contributed by atoms with E-state index in [-0.39, 0.29) is 35.2 Å². The van der Waals surface area contributed by atoms with E-state index in [0.717, 1.165) is 113 Å². The largest absolute Gasteiger partial charge is 0.341 e. The van der Waals surface area contributed by atoms with Gasteiger partial charge in [0.15, 0.2) is 5.82 Å². The van der Waals surface area contributed by atoms with Gasteiger partial charge in [-0.3, -0.25) is 9.59 Å². The van der Waals surface area contributed by atoms with Gasteiger partial charge in [0.05, 0.1) is 33.6 Å². The monoisotopic (exact) mass is 736 g/mol. The molecular weight excluding hydrogens is 685 g/mol. The number of piperidine rings is 1. The molecule has 3 fully saturated rings. The van der Waals surface area contributed by atoms with Gasteiger partial charge in [0.2, 0.25) is 11.8 Å². The molecule has 10 nitrogen and oxygen atoms in total. The Balaban J connectivity index is 0.947. The minimum atomic E-state index is -0.0877. The van der Waals surface area contributed by atoms with Gasteiger partial charge in [-0.05, 0) is 104 Å². The maximum Gasteiger partial charge on any atom is 0.226 e. The fourth-order valence-electron chi connectivity index (χ4n) is 9.26. The lowest BCUT2D eigenvalue weighted by Crippen LogP contribution is -2.64. The van der Waals surface area contributed by atoms with E-state index in [2.05, 4.69) is 92.0 Å². The van der Waals surface area contributed by atoms with Gasteiger partial charge in [0.1, 0.15) is 11.6 Å². The summed E-state index contributed by atoms with van der Waals surface area (Å²) in [5.74, 6) is 3.67. The molecule has 0 spiro atoms.